The molecule has 0 aliphatic heterocycles. The van der Waals surface area contributed by atoms with Gasteiger partial charge in [-0.2, -0.15) is 0 Å². The van der Waals surface area contributed by atoms with Crippen molar-refractivity contribution >= 4 is 11.8 Å². The van der Waals surface area contributed by atoms with E-state index in [1.165, 1.54) is 17.8 Å². The third-order valence-corrected chi connectivity index (χ3v) is 1.85. The molecule has 0 saturated carbocycles. The molecule has 1 aromatic rings. The van der Waals surface area contributed by atoms with Crippen molar-refractivity contribution in [3.8, 4) is 0 Å². The Bertz CT molecular complexity index is 238. The average molecular weight is 187 g/mol. The average Bonchev–Trinajstić information content (AvgIpc) is 2.13. The summed E-state index contributed by atoms with van der Waals surface area (Å²) >= 11 is 1.51. The molecule has 68 valence electrons. The Morgan fingerprint density at radius 1 is 1.33 bits per heavy atom. The largest absolute Gasteiger partial charge is 0.244 e. The van der Waals surface area contributed by atoms with Gasteiger partial charge in [0.2, 0.25) is 0 Å². The summed E-state index contributed by atoms with van der Waals surface area (Å²) in [6.07, 6.45) is 1.92. The molecule has 0 aromatic carbocycles. The van der Waals surface area contributed by atoms with Crippen LogP contribution in [0.5, 0.6) is 0 Å². The van der Waals surface area contributed by atoms with Gasteiger partial charge in [0.05, 0.1) is 10.7 Å². The molecule has 0 saturated heterocycles. The molecule has 12 heavy (non-hydrogen) atoms. The molecule has 1 heterocycles. The molecule has 0 N–H and O–H groups in total. The number of aryl methyl sites for hydroxylation is 1. The van der Waals surface area contributed by atoms with Crippen molar-refractivity contribution in [2.24, 2.45) is 0 Å². The first-order valence-corrected chi connectivity index (χ1v) is 5.13. The summed E-state index contributed by atoms with van der Waals surface area (Å²) in [5.74, 6) is -0.238. The lowest BCUT2D eigenvalue weighted by Crippen LogP contribution is -1.87. The predicted octanol–water partition coefficient (Wildman–Crippen LogP) is 3.28. The molecule has 1 aromatic heterocycles. The van der Waals surface area contributed by atoms with E-state index in [2.05, 4.69) is 4.98 Å². The van der Waals surface area contributed by atoms with Crippen molar-refractivity contribution in [2.45, 2.75) is 25.8 Å². The summed E-state index contributed by atoms with van der Waals surface area (Å²) in [5, 5.41) is 0.860. The zero-order valence-electron chi connectivity index (χ0n) is 7.89. The van der Waals surface area contributed by atoms with Gasteiger partial charge in [-0.25, -0.2) is 9.37 Å². The van der Waals surface area contributed by atoms with Crippen LogP contribution in [0.4, 0.5) is 4.39 Å². The van der Waals surface area contributed by atoms with Crippen molar-refractivity contribution in [2.75, 3.05) is 6.26 Å². The zero-order chi connectivity index (χ0) is 9.56. The fourth-order valence-electron chi connectivity index (χ4n) is 0.635. The fraction of sp³-hybridized carbons (Fsp3) is 0.444. The SMILES string of the molecule is CC.CSc1ccc(F)c(C)n1. The highest BCUT2D eigenvalue weighted by molar-refractivity contribution is 7.98. The Hall–Kier alpha value is -0.570. The van der Waals surface area contributed by atoms with Crippen LogP contribution in [-0.2, 0) is 0 Å². The number of hydrogen-bond acceptors (Lipinski definition) is 2. The lowest BCUT2D eigenvalue weighted by molar-refractivity contribution is 0.605. The van der Waals surface area contributed by atoms with Crippen LogP contribution in [-0.4, -0.2) is 11.2 Å². The normalized spacial score (nSPS) is 8.75. The number of thioether (sulfide) groups is 1. The van der Waals surface area contributed by atoms with Gasteiger partial charge in [-0.3, -0.25) is 0 Å². The second-order valence-corrected chi connectivity index (χ2v) is 2.75. The van der Waals surface area contributed by atoms with Gasteiger partial charge in [-0.05, 0) is 25.3 Å². The molecule has 0 atom stereocenters. The summed E-state index contributed by atoms with van der Waals surface area (Å²) < 4.78 is 12.6. The molecule has 0 amide bonds. The van der Waals surface area contributed by atoms with E-state index in [9.17, 15) is 4.39 Å². The van der Waals surface area contributed by atoms with Crippen LogP contribution < -0.4 is 0 Å². The van der Waals surface area contributed by atoms with Crippen LogP contribution in [0, 0.1) is 12.7 Å². The molecule has 1 nitrogen and oxygen atoms in total. The third-order valence-electron chi connectivity index (χ3n) is 1.20. The predicted molar refractivity (Wildman–Crippen MR) is 52.1 cm³/mol. The molecule has 0 radical (unpaired) electrons. The van der Waals surface area contributed by atoms with Gasteiger partial charge in [-0.1, -0.05) is 13.8 Å². The molecular formula is C9H14FNS. The van der Waals surface area contributed by atoms with Gasteiger partial charge in [0, 0.05) is 0 Å². The second kappa shape index (κ2) is 6.00. The van der Waals surface area contributed by atoms with Crippen molar-refractivity contribution < 1.29 is 4.39 Å². The lowest BCUT2D eigenvalue weighted by atomic mass is 10.4. The Labute approximate surface area is 77.4 Å². The van der Waals surface area contributed by atoms with Crippen molar-refractivity contribution in [3.63, 3.8) is 0 Å². The topological polar surface area (TPSA) is 12.9 Å². The summed E-state index contributed by atoms with van der Waals surface area (Å²) in [6, 6.07) is 3.11. The Kier molecular flexibility index (Phi) is 5.72. The van der Waals surface area contributed by atoms with Crippen molar-refractivity contribution in [1.82, 2.24) is 4.98 Å². The maximum absolute atomic E-state index is 12.6. The van der Waals surface area contributed by atoms with Crippen molar-refractivity contribution in [1.29, 1.82) is 0 Å². The van der Waals surface area contributed by atoms with Crippen LogP contribution in [0.1, 0.15) is 19.5 Å². The van der Waals surface area contributed by atoms with Crippen LogP contribution in [0.2, 0.25) is 0 Å². The fourth-order valence-corrected chi connectivity index (χ4v) is 1.07. The van der Waals surface area contributed by atoms with Gasteiger partial charge >= 0.3 is 0 Å². The lowest BCUT2D eigenvalue weighted by Gasteiger charge is -1.96. The van der Waals surface area contributed by atoms with Crippen LogP contribution in [0.3, 0.4) is 0 Å². The Morgan fingerprint density at radius 3 is 2.33 bits per heavy atom. The zero-order valence-corrected chi connectivity index (χ0v) is 8.70. The van der Waals surface area contributed by atoms with E-state index < -0.39 is 0 Å². The smallest absolute Gasteiger partial charge is 0.144 e. The molecule has 0 unspecified atom stereocenters. The monoisotopic (exact) mass is 187 g/mol. The van der Waals surface area contributed by atoms with Crippen LogP contribution in [0.15, 0.2) is 17.2 Å². The quantitative estimate of drug-likeness (QED) is 0.626. The van der Waals surface area contributed by atoms with Gasteiger partial charge in [0.15, 0.2) is 0 Å². The number of hydrogen-bond donors (Lipinski definition) is 0. The first kappa shape index (κ1) is 11.4. The summed E-state index contributed by atoms with van der Waals surface area (Å²) in [7, 11) is 0. The maximum atomic E-state index is 12.6. The van der Waals surface area contributed by atoms with Crippen LogP contribution >= 0.6 is 11.8 Å². The van der Waals surface area contributed by atoms with Gasteiger partial charge < -0.3 is 0 Å². The maximum Gasteiger partial charge on any atom is 0.144 e. The minimum atomic E-state index is -0.238. The van der Waals surface area contributed by atoms with Gasteiger partial charge in [0.25, 0.3) is 0 Å². The van der Waals surface area contributed by atoms with Crippen LogP contribution in [0.25, 0.3) is 0 Å². The molecule has 0 aliphatic rings. The summed E-state index contributed by atoms with van der Waals surface area (Å²) in [5.41, 5.74) is 0.465. The van der Waals surface area contributed by atoms with E-state index in [-0.39, 0.29) is 5.82 Å². The first-order valence-electron chi connectivity index (χ1n) is 3.91. The van der Waals surface area contributed by atoms with E-state index in [1.807, 2.05) is 20.1 Å². The van der Waals surface area contributed by atoms with E-state index in [0.29, 0.717) is 5.69 Å². The minimum absolute atomic E-state index is 0.238. The molecular weight excluding hydrogens is 173 g/mol. The summed E-state index contributed by atoms with van der Waals surface area (Å²) in [6.45, 7) is 5.66. The van der Waals surface area contributed by atoms with Crippen molar-refractivity contribution in [3.05, 3.63) is 23.6 Å². The molecule has 1 rings (SSSR count). The number of rotatable bonds is 1. The first-order chi connectivity index (χ1) is 5.74. The third kappa shape index (κ3) is 3.22. The highest BCUT2D eigenvalue weighted by Crippen LogP contribution is 2.12. The van der Waals surface area contributed by atoms with E-state index in [0.717, 1.165) is 5.03 Å². The van der Waals surface area contributed by atoms with E-state index in [4.69, 9.17) is 0 Å². The second-order valence-electron chi connectivity index (χ2n) is 1.92. The molecule has 0 bridgehead atoms. The molecule has 0 fully saturated rings. The highest BCUT2D eigenvalue weighted by atomic mass is 32.2. The number of pyridine rings is 1. The molecule has 0 spiro atoms. The van der Waals surface area contributed by atoms with Gasteiger partial charge in [0.1, 0.15) is 5.82 Å². The standard InChI is InChI=1S/C7H8FNS.C2H6/c1-5-6(8)3-4-7(9-5)10-2;1-2/h3-4H,1-2H3;1-2H3. The Morgan fingerprint density at radius 2 is 1.92 bits per heavy atom. The van der Waals surface area contributed by atoms with E-state index in [1.54, 1.807) is 13.0 Å². The Balaban J connectivity index is 0.000000561. The van der Waals surface area contributed by atoms with Gasteiger partial charge in [-0.15, -0.1) is 11.8 Å². The van der Waals surface area contributed by atoms with E-state index >= 15 is 0 Å². The minimum Gasteiger partial charge on any atom is -0.244 e. The number of aromatic nitrogens is 1. The number of halogens is 1. The number of nitrogens with zero attached hydrogens (tertiary/aromatic N) is 1. The molecule has 3 heteroatoms. The highest BCUT2D eigenvalue weighted by Gasteiger charge is 1.97. The summed E-state index contributed by atoms with van der Waals surface area (Å²) in [4.78, 5) is 3.98. The molecule has 0 aliphatic carbocycles.